The van der Waals surface area contributed by atoms with Gasteiger partial charge in [-0.3, -0.25) is 9.79 Å². The lowest BCUT2D eigenvalue weighted by Crippen LogP contribution is -2.37. The molecular formula is C23H25FN4O2. The fourth-order valence-corrected chi connectivity index (χ4v) is 4.07. The first-order valence-corrected chi connectivity index (χ1v) is 9.97. The second kappa shape index (κ2) is 7.82. The molecule has 1 unspecified atom stereocenters. The smallest absolute Gasteiger partial charge is 0.219 e. The van der Waals surface area contributed by atoms with E-state index >= 15 is 0 Å². The quantitative estimate of drug-likeness (QED) is 0.638. The van der Waals surface area contributed by atoms with Gasteiger partial charge in [-0.05, 0) is 37.1 Å². The lowest BCUT2D eigenvalue weighted by Gasteiger charge is -2.24. The molecule has 4 rings (SSSR count). The molecule has 2 aromatic carbocycles. The fraction of sp³-hybridized carbons (Fsp3) is 0.304. The number of halogens is 1. The normalized spacial score (nSPS) is 16.7. The summed E-state index contributed by atoms with van der Waals surface area (Å²) in [5, 5.41) is 11.1. The van der Waals surface area contributed by atoms with Crippen molar-refractivity contribution in [3.63, 3.8) is 0 Å². The number of carbonyl (C=O) groups is 1. The molecule has 0 radical (unpaired) electrons. The first kappa shape index (κ1) is 19.9. The zero-order chi connectivity index (χ0) is 21.4. The number of aromatic hydroxyl groups is 1. The average molecular weight is 408 g/mol. The first-order valence-electron chi connectivity index (χ1n) is 9.97. The standard InChI is InChI=1S/C23H25FN4O2/c1-14-5-4-6-20-22(14)18(23(30)26-20)12-25-16-7-8-21(19(24)11-16)28-10-9-17(13-28)27(3)15(2)29/h4-8,11-12,17,26,30H,9-10,13H2,1-3H3. The van der Waals surface area contributed by atoms with E-state index in [1.165, 1.54) is 6.07 Å². The van der Waals surface area contributed by atoms with Crippen molar-refractivity contribution in [1.82, 2.24) is 9.88 Å². The molecule has 2 heterocycles. The van der Waals surface area contributed by atoms with Crippen molar-refractivity contribution < 1.29 is 14.3 Å². The Kier molecular flexibility index (Phi) is 5.20. The summed E-state index contributed by atoms with van der Waals surface area (Å²) in [6, 6.07) is 10.7. The van der Waals surface area contributed by atoms with Crippen LogP contribution in [0.3, 0.4) is 0 Å². The van der Waals surface area contributed by atoms with Gasteiger partial charge in [-0.1, -0.05) is 12.1 Å². The van der Waals surface area contributed by atoms with E-state index in [-0.39, 0.29) is 23.6 Å². The second-order valence-corrected chi connectivity index (χ2v) is 7.80. The Morgan fingerprint density at radius 1 is 1.37 bits per heavy atom. The van der Waals surface area contributed by atoms with Gasteiger partial charge in [0, 0.05) is 50.2 Å². The Hall–Kier alpha value is -3.35. The number of hydrogen-bond donors (Lipinski definition) is 2. The number of carbonyl (C=O) groups excluding carboxylic acids is 1. The van der Waals surface area contributed by atoms with E-state index in [0.717, 1.165) is 22.9 Å². The molecule has 1 saturated heterocycles. The number of amides is 1. The zero-order valence-corrected chi connectivity index (χ0v) is 17.3. The van der Waals surface area contributed by atoms with Crippen molar-refractivity contribution >= 4 is 34.4 Å². The van der Waals surface area contributed by atoms with Gasteiger partial charge < -0.3 is 19.9 Å². The molecule has 0 spiro atoms. The Morgan fingerprint density at radius 2 is 2.17 bits per heavy atom. The van der Waals surface area contributed by atoms with Crippen molar-refractivity contribution in [3.05, 3.63) is 53.3 Å². The van der Waals surface area contributed by atoms with Gasteiger partial charge in [0.05, 0.1) is 23.0 Å². The van der Waals surface area contributed by atoms with Crippen LogP contribution in [0.25, 0.3) is 10.9 Å². The molecule has 156 valence electrons. The van der Waals surface area contributed by atoms with Gasteiger partial charge >= 0.3 is 0 Å². The number of rotatable bonds is 4. The minimum Gasteiger partial charge on any atom is -0.494 e. The predicted octanol–water partition coefficient (Wildman–Crippen LogP) is 4.13. The number of nitrogens with one attached hydrogen (secondary N) is 1. The van der Waals surface area contributed by atoms with E-state index in [1.807, 2.05) is 30.0 Å². The highest BCUT2D eigenvalue weighted by Gasteiger charge is 2.28. The van der Waals surface area contributed by atoms with E-state index in [4.69, 9.17) is 0 Å². The molecule has 0 aliphatic carbocycles. The Balaban J connectivity index is 1.55. The van der Waals surface area contributed by atoms with Gasteiger partial charge in [0.1, 0.15) is 5.82 Å². The minimum atomic E-state index is -0.352. The number of aromatic nitrogens is 1. The highest BCUT2D eigenvalue weighted by Crippen LogP contribution is 2.31. The summed E-state index contributed by atoms with van der Waals surface area (Å²) < 4.78 is 14.8. The molecule has 7 heteroatoms. The van der Waals surface area contributed by atoms with Crippen molar-refractivity contribution in [3.8, 4) is 5.88 Å². The van der Waals surface area contributed by atoms with Crippen LogP contribution < -0.4 is 4.90 Å². The first-order chi connectivity index (χ1) is 14.3. The van der Waals surface area contributed by atoms with Crippen LogP contribution in [0.2, 0.25) is 0 Å². The molecule has 1 aliphatic heterocycles. The summed E-state index contributed by atoms with van der Waals surface area (Å²) in [4.78, 5) is 22.6. The van der Waals surface area contributed by atoms with Crippen LogP contribution >= 0.6 is 0 Å². The van der Waals surface area contributed by atoms with Crippen LogP contribution in [0.15, 0.2) is 41.4 Å². The topological polar surface area (TPSA) is 71.9 Å². The third-order valence-electron chi connectivity index (χ3n) is 5.87. The van der Waals surface area contributed by atoms with E-state index in [1.54, 1.807) is 37.2 Å². The minimum absolute atomic E-state index is 0.0165. The van der Waals surface area contributed by atoms with Gasteiger partial charge in [0.2, 0.25) is 5.91 Å². The highest BCUT2D eigenvalue weighted by molar-refractivity contribution is 6.04. The summed E-state index contributed by atoms with van der Waals surface area (Å²) in [5.41, 5.74) is 3.41. The van der Waals surface area contributed by atoms with Crippen LogP contribution in [-0.2, 0) is 4.79 Å². The van der Waals surface area contributed by atoms with E-state index in [9.17, 15) is 14.3 Å². The molecule has 1 atom stereocenters. The van der Waals surface area contributed by atoms with Crippen LogP contribution in [0, 0.1) is 12.7 Å². The molecule has 6 nitrogen and oxygen atoms in total. The van der Waals surface area contributed by atoms with E-state index in [2.05, 4.69) is 9.98 Å². The van der Waals surface area contributed by atoms with Crippen molar-refractivity contribution in [1.29, 1.82) is 0 Å². The molecule has 30 heavy (non-hydrogen) atoms. The summed E-state index contributed by atoms with van der Waals surface area (Å²) in [7, 11) is 1.78. The average Bonchev–Trinajstić information content (AvgIpc) is 3.31. The zero-order valence-electron chi connectivity index (χ0n) is 17.3. The largest absolute Gasteiger partial charge is 0.494 e. The lowest BCUT2D eigenvalue weighted by atomic mass is 10.1. The molecule has 1 fully saturated rings. The van der Waals surface area contributed by atoms with Crippen molar-refractivity contribution in [2.45, 2.75) is 26.3 Å². The molecular weight excluding hydrogens is 383 g/mol. The third-order valence-corrected chi connectivity index (χ3v) is 5.87. The number of nitrogens with zero attached hydrogens (tertiary/aromatic N) is 3. The number of aliphatic imine (C=N–C) groups is 1. The third kappa shape index (κ3) is 3.63. The van der Waals surface area contributed by atoms with Crippen molar-refractivity contribution in [2.75, 3.05) is 25.0 Å². The molecule has 1 aromatic heterocycles. The van der Waals surface area contributed by atoms with Gasteiger partial charge in [-0.2, -0.15) is 0 Å². The van der Waals surface area contributed by atoms with Gasteiger partial charge in [-0.15, -0.1) is 0 Å². The number of aryl methyl sites for hydroxylation is 1. The summed E-state index contributed by atoms with van der Waals surface area (Å²) in [5.74, 6) is -0.296. The number of hydrogen-bond acceptors (Lipinski definition) is 4. The number of anilines is 1. The number of fused-ring (bicyclic) bond motifs is 1. The van der Waals surface area contributed by atoms with Crippen LogP contribution in [0.5, 0.6) is 5.88 Å². The predicted molar refractivity (Wildman–Crippen MR) is 117 cm³/mol. The number of aromatic amines is 1. The molecule has 1 aliphatic rings. The summed E-state index contributed by atoms with van der Waals surface area (Å²) in [6.45, 7) is 4.82. The Morgan fingerprint density at radius 3 is 2.90 bits per heavy atom. The van der Waals surface area contributed by atoms with Crippen molar-refractivity contribution in [2.24, 2.45) is 4.99 Å². The van der Waals surface area contributed by atoms with E-state index in [0.29, 0.717) is 30.0 Å². The maximum Gasteiger partial charge on any atom is 0.219 e. The summed E-state index contributed by atoms with van der Waals surface area (Å²) >= 11 is 0. The Bertz CT molecular complexity index is 1140. The van der Waals surface area contributed by atoms with Gasteiger partial charge in [-0.25, -0.2) is 4.39 Å². The maximum absolute atomic E-state index is 14.8. The van der Waals surface area contributed by atoms with E-state index < -0.39 is 0 Å². The van der Waals surface area contributed by atoms with Crippen LogP contribution in [-0.4, -0.2) is 53.3 Å². The molecule has 1 amide bonds. The fourth-order valence-electron chi connectivity index (χ4n) is 4.07. The number of likely N-dealkylation sites (N-methyl/N-ethyl adjacent to an activating group) is 1. The molecule has 0 bridgehead atoms. The molecule has 3 aromatic rings. The SMILES string of the molecule is CC(=O)N(C)C1CCN(c2ccc(N=Cc3c(O)[nH]c4cccc(C)c34)cc2F)C1. The second-order valence-electron chi connectivity index (χ2n) is 7.80. The van der Waals surface area contributed by atoms with Crippen LogP contribution in [0.4, 0.5) is 15.8 Å². The van der Waals surface area contributed by atoms with Gasteiger partial charge in [0.25, 0.3) is 0 Å². The summed E-state index contributed by atoms with van der Waals surface area (Å²) in [6.07, 6.45) is 2.37. The number of benzene rings is 2. The lowest BCUT2D eigenvalue weighted by molar-refractivity contribution is -0.129. The molecule has 0 saturated carbocycles. The molecule has 2 N–H and O–H groups in total. The van der Waals surface area contributed by atoms with Gasteiger partial charge in [0.15, 0.2) is 5.88 Å². The number of H-pyrrole nitrogens is 1. The Labute approximate surface area is 174 Å². The monoisotopic (exact) mass is 408 g/mol. The highest BCUT2D eigenvalue weighted by atomic mass is 19.1. The van der Waals surface area contributed by atoms with Crippen LogP contribution in [0.1, 0.15) is 24.5 Å². The maximum atomic E-state index is 14.8.